The number of allylic oxidation sites excluding steroid dienone is 1. The van der Waals surface area contributed by atoms with Crippen LogP contribution in [0, 0.1) is 44.3 Å². The molecule has 8 atom stereocenters. The Morgan fingerprint density at radius 1 is 0.783 bits per heavy atom. The van der Waals surface area contributed by atoms with Gasteiger partial charge in [0.2, 0.25) is 0 Å². The summed E-state index contributed by atoms with van der Waals surface area (Å²) >= 11 is 0. The predicted octanol–water partition coefficient (Wildman–Crippen LogP) is 10.7. The highest BCUT2D eigenvalue weighted by Crippen LogP contribution is 2.75. The van der Waals surface area contributed by atoms with E-state index in [1.165, 1.54) is 56.9 Å². The summed E-state index contributed by atoms with van der Waals surface area (Å²) < 4.78 is 6.35. The van der Waals surface area contributed by atoms with Crippen molar-refractivity contribution in [1.29, 1.82) is 0 Å². The van der Waals surface area contributed by atoms with Gasteiger partial charge in [-0.3, -0.25) is 4.79 Å². The van der Waals surface area contributed by atoms with Gasteiger partial charge in [-0.25, -0.2) is 0 Å². The monoisotopic (exact) mass is 641 g/mol. The second-order valence-corrected chi connectivity index (χ2v) is 19.2. The summed E-state index contributed by atoms with van der Waals surface area (Å²) in [5.74, 6) is 1.12. The highest BCUT2D eigenvalue weighted by atomic mass is 16.5. The number of esters is 1. The first-order valence-electron chi connectivity index (χ1n) is 19.8. The van der Waals surface area contributed by atoms with Crippen molar-refractivity contribution in [3.8, 4) is 0 Å². The lowest BCUT2D eigenvalue weighted by Gasteiger charge is -2.71. The zero-order valence-corrected chi connectivity index (χ0v) is 31.4. The molecular formula is C42H72O4. The maximum Gasteiger partial charge on any atom is 0.306 e. The standard InChI is InChI=1S/C42H72O4/c1-9-10-11-12-13-14-15-16-17-18-36(45)46-35-22-23-39(6)32(38(35,4)5)21-24-40(7)33(39)20-19-30-31-27-37(2,3)25-26-42(31,29-43)34(44)28-41(30,40)8/h32-35,43-44H,9-29H2,1-8H3/t32-,33+,34-,35-,39-,40+,41+,42+/m0/s1. The van der Waals surface area contributed by atoms with E-state index >= 15 is 0 Å². The number of carbonyl (C=O) groups is 1. The maximum absolute atomic E-state index is 13.1. The Balaban J connectivity index is 1.27. The van der Waals surface area contributed by atoms with Crippen LogP contribution in [0.3, 0.4) is 0 Å². The molecule has 46 heavy (non-hydrogen) atoms. The fraction of sp³-hybridized carbons (Fsp3) is 0.929. The molecule has 0 saturated heterocycles. The fourth-order valence-corrected chi connectivity index (χ4v) is 12.7. The minimum Gasteiger partial charge on any atom is -0.462 e. The zero-order chi connectivity index (χ0) is 33.6. The third-order valence-corrected chi connectivity index (χ3v) is 15.7. The van der Waals surface area contributed by atoms with Crippen molar-refractivity contribution >= 4 is 5.97 Å². The van der Waals surface area contributed by atoms with Crippen molar-refractivity contribution in [1.82, 2.24) is 0 Å². The van der Waals surface area contributed by atoms with Crippen LogP contribution in [0.4, 0.5) is 0 Å². The molecule has 0 radical (unpaired) electrons. The van der Waals surface area contributed by atoms with E-state index in [0.717, 1.165) is 70.6 Å². The van der Waals surface area contributed by atoms with E-state index in [-0.39, 0.29) is 45.8 Å². The first-order chi connectivity index (χ1) is 21.6. The number of aliphatic hydroxyl groups is 2. The second kappa shape index (κ2) is 13.4. The van der Waals surface area contributed by atoms with Gasteiger partial charge in [0.05, 0.1) is 12.7 Å². The van der Waals surface area contributed by atoms with E-state index in [4.69, 9.17) is 4.74 Å². The molecule has 264 valence electrons. The van der Waals surface area contributed by atoms with Crippen LogP contribution in [0.2, 0.25) is 0 Å². The zero-order valence-electron chi connectivity index (χ0n) is 31.4. The molecule has 4 heteroatoms. The molecule has 5 rings (SSSR count). The van der Waals surface area contributed by atoms with Crippen LogP contribution >= 0.6 is 0 Å². The molecular weight excluding hydrogens is 568 g/mol. The summed E-state index contributed by atoms with van der Waals surface area (Å²) in [5.41, 5.74) is 3.03. The lowest BCUT2D eigenvalue weighted by molar-refractivity contribution is -0.219. The Morgan fingerprint density at radius 2 is 1.43 bits per heavy atom. The average molecular weight is 641 g/mol. The third kappa shape index (κ3) is 6.09. The summed E-state index contributed by atoms with van der Waals surface area (Å²) in [6, 6.07) is 0. The number of rotatable bonds is 12. The van der Waals surface area contributed by atoms with Crippen LogP contribution in [-0.2, 0) is 9.53 Å². The van der Waals surface area contributed by atoms with E-state index in [1.54, 1.807) is 5.57 Å². The van der Waals surface area contributed by atoms with Crippen LogP contribution < -0.4 is 0 Å². The van der Waals surface area contributed by atoms with E-state index < -0.39 is 11.5 Å². The largest absolute Gasteiger partial charge is 0.462 e. The van der Waals surface area contributed by atoms with Gasteiger partial charge in [-0.1, -0.05) is 118 Å². The molecule has 4 fully saturated rings. The van der Waals surface area contributed by atoms with Crippen molar-refractivity contribution in [2.45, 2.75) is 196 Å². The van der Waals surface area contributed by atoms with Gasteiger partial charge in [0.15, 0.2) is 0 Å². The molecule has 0 spiro atoms. The smallest absolute Gasteiger partial charge is 0.306 e. The number of unbranched alkanes of at least 4 members (excludes halogenated alkanes) is 8. The summed E-state index contributed by atoms with van der Waals surface area (Å²) in [4.78, 5) is 13.1. The molecule has 0 aromatic rings. The first kappa shape index (κ1) is 36.4. The van der Waals surface area contributed by atoms with Crippen LogP contribution in [0.1, 0.15) is 184 Å². The summed E-state index contributed by atoms with van der Waals surface area (Å²) in [6.45, 7) is 19.6. The number of fused-ring (bicyclic) bond motifs is 6. The van der Waals surface area contributed by atoms with Crippen LogP contribution in [-0.4, -0.2) is 35.0 Å². The van der Waals surface area contributed by atoms with Gasteiger partial charge in [-0.2, -0.15) is 0 Å². The first-order valence-corrected chi connectivity index (χ1v) is 19.8. The second-order valence-electron chi connectivity index (χ2n) is 19.2. The molecule has 2 N–H and O–H groups in total. The molecule has 0 aromatic heterocycles. The quantitative estimate of drug-likeness (QED) is 0.127. The van der Waals surface area contributed by atoms with E-state index in [2.05, 4.69) is 55.4 Å². The number of hydrogen-bond acceptors (Lipinski definition) is 4. The fourth-order valence-electron chi connectivity index (χ4n) is 12.7. The van der Waals surface area contributed by atoms with E-state index in [0.29, 0.717) is 18.3 Å². The Morgan fingerprint density at radius 3 is 2.09 bits per heavy atom. The Labute approximate surface area is 283 Å². The SMILES string of the molecule is CCCCCCCCCCCC(=O)O[C@H]1CC[C@]2(C)[C@H]3CCC4=C5CC(C)(C)CC[C@]5(CO)[C@@H](O)C[C@@]4(C)[C@]3(C)CC[C@H]2C1(C)C. The summed E-state index contributed by atoms with van der Waals surface area (Å²) in [5, 5.41) is 22.7. The van der Waals surface area contributed by atoms with Gasteiger partial charge in [0, 0.05) is 17.3 Å². The molecule has 5 aliphatic rings. The lowest BCUT2D eigenvalue weighted by atomic mass is 9.34. The normalized spacial score (nSPS) is 41.2. The van der Waals surface area contributed by atoms with Gasteiger partial charge in [0.1, 0.15) is 6.10 Å². The van der Waals surface area contributed by atoms with Crippen molar-refractivity contribution in [3.05, 3.63) is 11.1 Å². The third-order valence-electron chi connectivity index (χ3n) is 15.7. The van der Waals surface area contributed by atoms with Crippen molar-refractivity contribution in [2.75, 3.05) is 6.61 Å². The van der Waals surface area contributed by atoms with Gasteiger partial charge in [-0.05, 0) is 104 Å². The minimum atomic E-state index is -0.476. The molecule has 4 nitrogen and oxygen atoms in total. The van der Waals surface area contributed by atoms with Gasteiger partial charge >= 0.3 is 5.97 Å². The Hall–Kier alpha value is -0.870. The van der Waals surface area contributed by atoms with E-state index in [1.807, 2.05) is 0 Å². The maximum atomic E-state index is 13.1. The highest BCUT2D eigenvalue weighted by Gasteiger charge is 2.69. The predicted molar refractivity (Wildman–Crippen MR) is 189 cm³/mol. The van der Waals surface area contributed by atoms with Crippen LogP contribution in [0.5, 0.6) is 0 Å². The molecule has 0 unspecified atom stereocenters. The number of hydrogen-bond donors (Lipinski definition) is 2. The molecule has 0 aromatic carbocycles. The molecule has 0 aliphatic heterocycles. The topological polar surface area (TPSA) is 66.8 Å². The van der Waals surface area contributed by atoms with Crippen molar-refractivity contribution in [2.24, 2.45) is 44.3 Å². The van der Waals surface area contributed by atoms with Gasteiger partial charge < -0.3 is 14.9 Å². The molecule has 5 aliphatic carbocycles. The van der Waals surface area contributed by atoms with Crippen molar-refractivity contribution < 1.29 is 19.7 Å². The molecule has 0 amide bonds. The average Bonchev–Trinajstić information content (AvgIpc) is 2.98. The number of ether oxygens (including phenoxy) is 1. The lowest BCUT2D eigenvalue weighted by Crippen LogP contribution is -2.65. The Bertz CT molecular complexity index is 1120. The van der Waals surface area contributed by atoms with Crippen molar-refractivity contribution in [3.63, 3.8) is 0 Å². The number of carbonyl (C=O) groups excluding carboxylic acids is 1. The minimum absolute atomic E-state index is 0.00370. The van der Waals surface area contributed by atoms with E-state index in [9.17, 15) is 15.0 Å². The summed E-state index contributed by atoms with van der Waals surface area (Å²) in [7, 11) is 0. The van der Waals surface area contributed by atoms with Gasteiger partial charge in [-0.15, -0.1) is 0 Å². The molecule has 0 bridgehead atoms. The highest BCUT2D eigenvalue weighted by molar-refractivity contribution is 5.69. The number of aliphatic hydroxyl groups excluding tert-OH is 2. The summed E-state index contributed by atoms with van der Waals surface area (Å²) in [6.07, 6.45) is 21.9. The Kier molecular flexibility index (Phi) is 10.6. The molecule has 4 saturated carbocycles. The van der Waals surface area contributed by atoms with Gasteiger partial charge in [0.25, 0.3) is 0 Å². The molecule has 0 heterocycles. The van der Waals surface area contributed by atoms with Crippen LogP contribution in [0.25, 0.3) is 0 Å². The van der Waals surface area contributed by atoms with Crippen LogP contribution in [0.15, 0.2) is 11.1 Å².